The zero-order valence-corrected chi connectivity index (χ0v) is 17.6. The molecule has 4 rings (SSSR count). The molecule has 3 aromatic carbocycles. The van der Waals surface area contributed by atoms with Crippen LogP contribution in [-0.2, 0) is 4.79 Å². The first kappa shape index (κ1) is 20.6. The fourth-order valence-electron chi connectivity index (χ4n) is 4.07. The largest absolute Gasteiger partial charge is 0.497 e. The molecule has 1 N–H and O–H groups in total. The van der Waals surface area contributed by atoms with Gasteiger partial charge >= 0.3 is 0 Å². The zero-order valence-electron chi connectivity index (χ0n) is 17.6. The number of amides is 2. The van der Waals surface area contributed by atoms with Crippen LogP contribution in [0.15, 0.2) is 66.7 Å². The molecule has 0 aliphatic carbocycles. The fraction of sp³-hybridized carbons (Fsp3) is 0.200. The summed E-state index contributed by atoms with van der Waals surface area (Å²) >= 11 is 0. The van der Waals surface area contributed by atoms with E-state index in [-0.39, 0.29) is 17.6 Å². The van der Waals surface area contributed by atoms with Crippen LogP contribution in [0.4, 0.5) is 10.1 Å². The van der Waals surface area contributed by atoms with Gasteiger partial charge in [0.1, 0.15) is 11.6 Å². The lowest BCUT2D eigenvalue weighted by atomic mass is 9.79. The first-order valence-corrected chi connectivity index (χ1v) is 9.97. The third kappa shape index (κ3) is 3.77. The van der Waals surface area contributed by atoms with E-state index in [2.05, 4.69) is 5.32 Å². The Balaban J connectivity index is 1.78. The highest BCUT2D eigenvalue weighted by Crippen LogP contribution is 2.42. The van der Waals surface area contributed by atoms with Crippen LogP contribution in [-0.4, -0.2) is 30.9 Å². The normalized spacial score (nSPS) is 17.8. The van der Waals surface area contributed by atoms with E-state index in [1.807, 2.05) is 18.2 Å². The van der Waals surface area contributed by atoms with Crippen molar-refractivity contribution in [3.8, 4) is 5.75 Å². The minimum atomic E-state index is -0.670. The lowest BCUT2D eigenvalue weighted by molar-refractivity contribution is -0.119. The van der Waals surface area contributed by atoms with E-state index in [4.69, 9.17) is 4.74 Å². The van der Waals surface area contributed by atoms with Crippen LogP contribution in [0.1, 0.15) is 39.0 Å². The number of nitrogens with one attached hydrogen (secondary N) is 1. The number of likely N-dealkylation sites (N-methyl/N-ethyl adjacent to an activating group) is 1. The van der Waals surface area contributed by atoms with Gasteiger partial charge in [-0.15, -0.1) is 0 Å². The van der Waals surface area contributed by atoms with Crippen LogP contribution in [0.25, 0.3) is 0 Å². The standard InChI is InChI=1S/C25H23FN2O3/c1-15-8-11-17(14-21(15)26)27-24(29)22-19-6-4-5-7-20(19)25(30)28(2)23(22)16-9-12-18(31-3)13-10-16/h4-14,22-23H,1-3H3,(H,27,29)/t22-,23+/m1/s1. The molecule has 0 radical (unpaired) electrons. The van der Waals surface area contributed by atoms with Crippen molar-refractivity contribution in [1.82, 2.24) is 4.90 Å². The molecule has 31 heavy (non-hydrogen) atoms. The van der Waals surface area contributed by atoms with E-state index >= 15 is 0 Å². The molecule has 0 saturated heterocycles. The molecule has 1 aliphatic rings. The summed E-state index contributed by atoms with van der Waals surface area (Å²) in [5, 5.41) is 2.84. The molecule has 2 atom stereocenters. The minimum absolute atomic E-state index is 0.151. The number of hydrogen-bond acceptors (Lipinski definition) is 3. The maximum absolute atomic E-state index is 14.0. The van der Waals surface area contributed by atoms with Gasteiger partial charge in [0.05, 0.1) is 19.1 Å². The van der Waals surface area contributed by atoms with Gasteiger partial charge in [0.15, 0.2) is 0 Å². The Bertz CT molecular complexity index is 1140. The van der Waals surface area contributed by atoms with Crippen molar-refractivity contribution < 1.29 is 18.7 Å². The lowest BCUT2D eigenvalue weighted by Gasteiger charge is -2.39. The number of nitrogens with zero attached hydrogens (tertiary/aromatic N) is 1. The molecule has 158 valence electrons. The van der Waals surface area contributed by atoms with E-state index < -0.39 is 12.0 Å². The van der Waals surface area contributed by atoms with Gasteiger partial charge in [-0.3, -0.25) is 9.59 Å². The van der Waals surface area contributed by atoms with Gasteiger partial charge in [-0.2, -0.15) is 0 Å². The second kappa shape index (κ2) is 8.22. The quantitative estimate of drug-likeness (QED) is 0.669. The number of halogens is 1. The Morgan fingerprint density at radius 1 is 1.06 bits per heavy atom. The molecule has 0 fully saturated rings. The van der Waals surface area contributed by atoms with Crippen molar-refractivity contribution in [3.05, 3.63) is 94.8 Å². The van der Waals surface area contributed by atoms with Crippen molar-refractivity contribution in [2.75, 3.05) is 19.5 Å². The third-order valence-corrected chi connectivity index (χ3v) is 5.76. The van der Waals surface area contributed by atoms with E-state index in [0.717, 1.165) is 5.56 Å². The second-order valence-corrected chi connectivity index (χ2v) is 7.65. The van der Waals surface area contributed by atoms with E-state index in [1.165, 1.54) is 6.07 Å². The number of carbonyl (C=O) groups excluding carboxylic acids is 2. The van der Waals surface area contributed by atoms with Gasteiger partial charge in [0.25, 0.3) is 5.91 Å². The lowest BCUT2D eigenvalue weighted by Crippen LogP contribution is -2.44. The first-order chi connectivity index (χ1) is 14.9. The van der Waals surface area contributed by atoms with Crippen LogP contribution in [0, 0.1) is 12.7 Å². The maximum atomic E-state index is 14.0. The number of aryl methyl sites for hydroxylation is 1. The van der Waals surface area contributed by atoms with Gasteiger partial charge in [-0.25, -0.2) is 4.39 Å². The highest BCUT2D eigenvalue weighted by molar-refractivity contribution is 6.04. The van der Waals surface area contributed by atoms with E-state index in [9.17, 15) is 14.0 Å². The summed E-state index contributed by atoms with van der Waals surface area (Å²) in [4.78, 5) is 28.1. The van der Waals surface area contributed by atoms with E-state index in [0.29, 0.717) is 28.1 Å². The summed E-state index contributed by atoms with van der Waals surface area (Å²) in [7, 11) is 3.28. The summed E-state index contributed by atoms with van der Waals surface area (Å²) < 4.78 is 19.3. The molecule has 6 heteroatoms. The number of carbonyl (C=O) groups is 2. The SMILES string of the molecule is COc1ccc([C@H]2[C@H](C(=O)Nc3ccc(C)c(F)c3)c3ccccc3C(=O)N2C)cc1. The van der Waals surface area contributed by atoms with Gasteiger partial charge in [0.2, 0.25) is 5.91 Å². The second-order valence-electron chi connectivity index (χ2n) is 7.65. The van der Waals surface area contributed by atoms with Gasteiger partial charge in [0, 0.05) is 18.3 Å². The van der Waals surface area contributed by atoms with Crippen LogP contribution >= 0.6 is 0 Å². The average Bonchev–Trinajstić information content (AvgIpc) is 2.78. The first-order valence-electron chi connectivity index (χ1n) is 9.97. The Morgan fingerprint density at radius 2 is 1.77 bits per heavy atom. The number of fused-ring (bicyclic) bond motifs is 1. The third-order valence-electron chi connectivity index (χ3n) is 5.76. The molecule has 1 aliphatic heterocycles. The molecule has 5 nitrogen and oxygen atoms in total. The van der Waals surface area contributed by atoms with Crippen LogP contribution in [0.5, 0.6) is 5.75 Å². The van der Waals surface area contributed by atoms with Gasteiger partial charge < -0.3 is 15.0 Å². The number of benzene rings is 3. The Morgan fingerprint density at radius 3 is 2.45 bits per heavy atom. The van der Waals surface area contributed by atoms with E-state index in [1.54, 1.807) is 68.4 Å². The molecule has 0 unspecified atom stereocenters. The molecule has 0 saturated carbocycles. The van der Waals surface area contributed by atoms with Gasteiger partial charge in [-0.05, 0) is 53.9 Å². The maximum Gasteiger partial charge on any atom is 0.254 e. The van der Waals surface area contributed by atoms with Crippen LogP contribution < -0.4 is 10.1 Å². The predicted molar refractivity (Wildman–Crippen MR) is 117 cm³/mol. The predicted octanol–water partition coefficient (Wildman–Crippen LogP) is 4.69. The number of ether oxygens (including phenoxy) is 1. The summed E-state index contributed by atoms with van der Waals surface area (Å²) in [6.45, 7) is 1.67. The summed E-state index contributed by atoms with van der Waals surface area (Å²) in [6.07, 6.45) is 0. The minimum Gasteiger partial charge on any atom is -0.497 e. The molecule has 0 aromatic heterocycles. The molecular formula is C25H23FN2O3. The fourth-order valence-corrected chi connectivity index (χ4v) is 4.07. The number of hydrogen-bond donors (Lipinski definition) is 1. The highest BCUT2D eigenvalue weighted by Gasteiger charge is 2.42. The number of rotatable bonds is 4. The van der Waals surface area contributed by atoms with Crippen molar-refractivity contribution >= 4 is 17.5 Å². The van der Waals surface area contributed by atoms with Crippen molar-refractivity contribution in [2.24, 2.45) is 0 Å². The van der Waals surface area contributed by atoms with Crippen molar-refractivity contribution in [1.29, 1.82) is 0 Å². The Labute approximate surface area is 180 Å². The highest BCUT2D eigenvalue weighted by atomic mass is 19.1. The summed E-state index contributed by atoms with van der Waals surface area (Å²) in [5.74, 6) is -0.833. The smallest absolute Gasteiger partial charge is 0.254 e. The molecule has 0 spiro atoms. The topological polar surface area (TPSA) is 58.6 Å². The zero-order chi connectivity index (χ0) is 22.1. The molecule has 1 heterocycles. The molecule has 3 aromatic rings. The summed E-state index contributed by atoms with van der Waals surface area (Å²) in [6, 6.07) is 18.5. The molecule has 0 bridgehead atoms. The van der Waals surface area contributed by atoms with Crippen LogP contribution in [0.3, 0.4) is 0 Å². The molecule has 2 amide bonds. The number of methoxy groups -OCH3 is 1. The summed E-state index contributed by atoms with van der Waals surface area (Å²) in [5.41, 5.74) is 2.82. The van der Waals surface area contributed by atoms with Crippen molar-refractivity contribution in [2.45, 2.75) is 18.9 Å². The number of anilines is 1. The van der Waals surface area contributed by atoms with Crippen LogP contribution in [0.2, 0.25) is 0 Å². The Hall–Kier alpha value is -3.67. The monoisotopic (exact) mass is 418 g/mol. The Kier molecular flexibility index (Phi) is 5.46. The average molecular weight is 418 g/mol. The van der Waals surface area contributed by atoms with Crippen molar-refractivity contribution in [3.63, 3.8) is 0 Å². The van der Waals surface area contributed by atoms with Gasteiger partial charge in [-0.1, -0.05) is 36.4 Å². The molecular weight excluding hydrogens is 395 g/mol.